The van der Waals surface area contributed by atoms with Crippen LogP contribution in [0.2, 0.25) is 0 Å². The minimum atomic E-state index is -0.622. The van der Waals surface area contributed by atoms with Gasteiger partial charge in [0.2, 0.25) is 0 Å². The van der Waals surface area contributed by atoms with Crippen molar-refractivity contribution in [3.8, 4) is 0 Å². The lowest BCUT2D eigenvalue weighted by Crippen LogP contribution is -2.44. The lowest BCUT2D eigenvalue weighted by atomic mass is 10.2. The van der Waals surface area contributed by atoms with Crippen LogP contribution in [-0.2, 0) is 6.54 Å². The standard InChI is InChI=1S/C13H20N4O4/c1-3-4-16-8-9(17(20)21)5-10(16)13(19)15(2)11-6-14-7-12(11)18/h5,8,11-12,14,18H,3-4,6-7H2,1-2H3/t11-,12-/m1/s1. The van der Waals surface area contributed by atoms with Crippen molar-refractivity contribution in [1.29, 1.82) is 0 Å². The second kappa shape index (κ2) is 6.23. The monoisotopic (exact) mass is 296 g/mol. The fraction of sp³-hybridized carbons (Fsp3) is 0.615. The number of aromatic nitrogens is 1. The van der Waals surface area contributed by atoms with Crippen LogP contribution in [-0.4, -0.2) is 57.7 Å². The number of hydrogen-bond acceptors (Lipinski definition) is 5. The Bertz CT molecular complexity index is 542. The lowest BCUT2D eigenvalue weighted by molar-refractivity contribution is -0.384. The highest BCUT2D eigenvalue weighted by Gasteiger charge is 2.33. The number of carbonyl (C=O) groups excluding carboxylic acids is 1. The van der Waals surface area contributed by atoms with Gasteiger partial charge in [0.15, 0.2) is 0 Å². The van der Waals surface area contributed by atoms with Crippen LogP contribution in [0.5, 0.6) is 0 Å². The fourth-order valence-corrected chi connectivity index (χ4v) is 2.58. The molecule has 1 fully saturated rings. The first-order chi connectivity index (χ1) is 9.95. The van der Waals surface area contributed by atoms with E-state index in [0.717, 1.165) is 6.42 Å². The Kier molecular flexibility index (Phi) is 4.59. The molecule has 1 saturated heterocycles. The zero-order chi connectivity index (χ0) is 15.6. The fourth-order valence-electron chi connectivity index (χ4n) is 2.58. The SMILES string of the molecule is CCCn1cc([N+](=O)[O-])cc1C(=O)N(C)[C@@H]1CNC[C@H]1O. The van der Waals surface area contributed by atoms with Crippen molar-refractivity contribution >= 4 is 11.6 Å². The smallest absolute Gasteiger partial charge is 0.287 e. The van der Waals surface area contributed by atoms with Crippen LogP contribution >= 0.6 is 0 Å². The van der Waals surface area contributed by atoms with Gasteiger partial charge in [0.1, 0.15) is 5.69 Å². The first-order valence-electron chi connectivity index (χ1n) is 6.96. The molecule has 116 valence electrons. The van der Waals surface area contributed by atoms with Crippen molar-refractivity contribution in [2.75, 3.05) is 20.1 Å². The number of carbonyl (C=O) groups is 1. The maximum Gasteiger partial charge on any atom is 0.287 e. The third-order valence-corrected chi connectivity index (χ3v) is 3.75. The van der Waals surface area contributed by atoms with E-state index in [1.165, 1.54) is 17.2 Å². The summed E-state index contributed by atoms with van der Waals surface area (Å²) in [6, 6.07) is 0.977. The number of nitrogens with one attached hydrogen (secondary N) is 1. The molecule has 1 aromatic heterocycles. The number of β-amino-alcohol motifs (C(OH)–C–C–N with tert-alkyl or cyclic N) is 1. The predicted octanol–water partition coefficient (Wildman–Crippen LogP) is 0.211. The van der Waals surface area contributed by atoms with Crippen molar-refractivity contribution in [2.24, 2.45) is 0 Å². The van der Waals surface area contributed by atoms with E-state index in [1.54, 1.807) is 11.6 Å². The van der Waals surface area contributed by atoms with Crippen molar-refractivity contribution in [2.45, 2.75) is 32.0 Å². The van der Waals surface area contributed by atoms with Crippen LogP contribution in [0.15, 0.2) is 12.3 Å². The number of aryl methyl sites for hydroxylation is 1. The number of likely N-dealkylation sites (N-methyl/N-ethyl adjacent to an activating group) is 1. The first kappa shape index (κ1) is 15.5. The second-order valence-corrected chi connectivity index (χ2v) is 5.24. The molecule has 0 aliphatic carbocycles. The van der Waals surface area contributed by atoms with Crippen molar-refractivity contribution in [3.63, 3.8) is 0 Å². The number of nitrogens with zero attached hydrogens (tertiary/aromatic N) is 3. The number of aliphatic hydroxyl groups is 1. The largest absolute Gasteiger partial charge is 0.390 e. The summed E-state index contributed by atoms with van der Waals surface area (Å²) in [6.07, 6.45) is 1.53. The molecule has 1 aromatic rings. The molecule has 0 radical (unpaired) electrons. The lowest BCUT2D eigenvalue weighted by Gasteiger charge is -2.26. The van der Waals surface area contributed by atoms with Gasteiger partial charge >= 0.3 is 0 Å². The first-order valence-corrected chi connectivity index (χ1v) is 6.96. The van der Waals surface area contributed by atoms with Gasteiger partial charge in [-0.15, -0.1) is 0 Å². The van der Waals surface area contributed by atoms with Gasteiger partial charge in [0, 0.05) is 32.7 Å². The molecule has 0 bridgehead atoms. The molecule has 1 aliphatic rings. The molecule has 2 rings (SSSR count). The zero-order valence-corrected chi connectivity index (χ0v) is 12.2. The zero-order valence-electron chi connectivity index (χ0n) is 12.2. The molecule has 2 heterocycles. The maximum atomic E-state index is 12.6. The number of aliphatic hydroxyl groups excluding tert-OH is 1. The Balaban J connectivity index is 2.26. The van der Waals surface area contributed by atoms with E-state index < -0.39 is 11.0 Å². The Morgan fingerprint density at radius 3 is 2.86 bits per heavy atom. The predicted molar refractivity (Wildman–Crippen MR) is 76.1 cm³/mol. The van der Waals surface area contributed by atoms with Crippen molar-refractivity contribution in [3.05, 3.63) is 28.1 Å². The molecule has 2 N–H and O–H groups in total. The highest BCUT2D eigenvalue weighted by Crippen LogP contribution is 2.20. The molecule has 1 aliphatic heterocycles. The third kappa shape index (κ3) is 3.06. The highest BCUT2D eigenvalue weighted by atomic mass is 16.6. The van der Waals surface area contributed by atoms with Gasteiger partial charge in [-0.25, -0.2) is 0 Å². The molecule has 0 aromatic carbocycles. The highest BCUT2D eigenvalue weighted by molar-refractivity contribution is 5.93. The van der Waals surface area contributed by atoms with Crippen molar-refractivity contribution < 1.29 is 14.8 Å². The summed E-state index contributed by atoms with van der Waals surface area (Å²) in [5, 5.41) is 23.8. The van der Waals surface area contributed by atoms with Crippen LogP contribution in [0.3, 0.4) is 0 Å². The van der Waals surface area contributed by atoms with Crippen LogP contribution in [0.1, 0.15) is 23.8 Å². The van der Waals surface area contributed by atoms with Gasteiger partial charge in [-0.3, -0.25) is 14.9 Å². The molecule has 0 saturated carbocycles. The van der Waals surface area contributed by atoms with E-state index in [2.05, 4.69) is 5.32 Å². The third-order valence-electron chi connectivity index (χ3n) is 3.75. The average Bonchev–Trinajstić information content (AvgIpc) is 3.04. The average molecular weight is 296 g/mol. The number of rotatable bonds is 5. The van der Waals surface area contributed by atoms with E-state index in [0.29, 0.717) is 19.6 Å². The van der Waals surface area contributed by atoms with Gasteiger partial charge in [0.25, 0.3) is 11.6 Å². The Labute approximate surface area is 122 Å². The maximum absolute atomic E-state index is 12.6. The van der Waals surface area contributed by atoms with E-state index in [1.807, 2.05) is 6.92 Å². The van der Waals surface area contributed by atoms with Gasteiger partial charge in [0.05, 0.1) is 23.3 Å². The van der Waals surface area contributed by atoms with E-state index >= 15 is 0 Å². The van der Waals surface area contributed by atoms with Crippen LogP contribution in [0, 0.1) is 10.1 Å². The Hall–Kier alpha value is -1.93. The molecule has 0 unspecified atom stereocenters. The summed E-state index contributed by atoms with van der Waals surface area (Å²) in [5.74, 6) is -0.315. The van der Waals surface area contributed by atoms with Crippen LogP contribution in [0.25, 0.3) is 0 Å². The summed E-state index contributed by atoms with van der Waals surface area (Å²) in [4.78, 5) is 24.4. The molecule has 1 amide bonds. The molecular formula is C13H20N4O4. The topological polar surface area (TPSA) is 101 Å². The van der Waals surface area contributed by atoms with Gasteiger partial charge in [-0.05, 0) is 6.42 Å². The van der Waals surface area contributed by atoms with E-state index in [4.69, 9.17) is 0 Å². The summed E-state index contributed by atoms with van der Waals surface area (Å²) >= 11 is 0. The quantitative estimate of drug-likeness (QED) is 0.597. The van der Waals surface area contributed by atoms with Gasteiger partial charge < -0.3 is 19.9 Å². The van der Waals surface area contributed by atoms with Crippen molar-refractivity contribution in [1.82, 2.24) is 14.8 Å². The molecule has 8 nitrogen and oxygen atoms in total. The summed E-state index contributed by atoms with van der Waals surface area (Å²) in [5.41, 5.74) is 0.190. The molecule has 21 heavy (non-hydrogen) atoms. The summed E-state index contributed by atoms with van der Waals surface area (Å²) < 4.78 is 1.60. The van der Waals surface area contributed by atoms with E-state index in [-0.39, 0.29) is 23.3 Å². The normalized spacial score (nSPS) is 21.5. The summed E-state index contributed by atoms with van der Waals surface area (Å²) in [6.45, 7) is 3.43. The molecular weight excluding hydrogens is 276 g/mol. The summed E-state index contributed by atoms with van der Waals surface area (Å²) in [7, 11) is 1.61. The van der Waals surface area contributed by atoms with Crippen LogP contribution in [0.4, 0.5) is 5.69 Å². The molecule has 2 atom stereocenters. The Morgan fingerprint density at radius 1 is 1.62 bits per heavy atom. The minimum absolute atomic E-state index is 0.0923. The van der Waals surface area contributed by atoms with Gasteiger partial charge in [-0.2, -0.15) is 0 Å². The number of nitro groups is 1. The number of hydrogen-bond donors (Lipinski definition) is 2. The molecule has 0 spiro atoms. The number of amides is 1. The van der Waals surface area contributed by atoms with Gasteiger partial charge in [-0.1, -0.05) is 6.92 Å². The van der Waals surface area contributed by atoms with Crippen LogP contribution < -0.4 is 5.32 Å². The van der Waals surface area contributed by atoms with E-state index in [9.17, 15) is 20.0 Å². The Morgan fingerprint density at radius 2 is 2.33 bits per heavy atom. The second-order valence-electron chi connectivity index (χ2n) is 5.24. The minimum Gasteiger partial charge on any atom is -0.390 e. The molecule has 8 heteroatoms.